The van der Waals surface area contributed by atoms with Crippen molar-refractivity contribution in [2.45, 2.75) is 26.7 Å². The Morgan fingerprint density at radius 3 is 1.67 bits per heavy atom. The molecule has 12 heavy (non-hydrogen) atoms. The van der Waals surface area contributed by atoms with E-state index < -0.39 is 0 Å². The van der Waals surface area contributed by atoms with Crippen LogP contribution >= 0.6 is 0 Å². The summed E-state index contributed by atoms with van der Waals surface area (Å²) >= 11 is 0. The third-order valence-electron chi connectivity index (χ3n) is 2.61. The maximum atomic E-state index is 3.90. The molecule has 0 N–H and O–H groups in total. The molecule has 0 bridgehead atoms. The smallest absolute Gasteiger partial charge is 0.00293 e. The molecule has 0 aliphatic rings. The first-order chi connectivity index (χ1) is 5.63. The lowest BCUT2D eigenvalue weighted by Crippen LogP contribution is -2.23. The molecule has 0 aromatic rings. The van der Waals surface area contributed by atoms with Gasteiger partial charge in [-0.1, -0.05) is 32.1 Å². The van der Waals surface area contributed by atoms with E-state index in [1.165, 1.54) is 0 Å². The van der Waals surface area contributed by atoms with Gasteiger partial charge in [-0.15, -0.1) is 19.7 Å². The summed E-state index contributed by atoms with van der Waals surface area (Å²) in [6.45, 7) is 15.9. The zero-order valence-corrected chi connectivity index (χ0v) is 8.34. The Morgan fingerprint density at radius 2 is 1.50 bits per heavy atom. The van der Waals surface area contributed by atoms with Crippen molar-refractivity contribution in [2.75, 3.05) is 0 Å². The Hall–Kier alpha value is -0.780. The number of hydrogen-bond acceptors (Lipinski definition) is 0. The molecule has 0 fully saturated rings. The zero-order valence-electron chi connectivity index (χ0n) is 8.34. The van der Waals surface area contributed by atoms with Crippen LogP contribution in [-0.4, -0.2) is 0 Å². The van der Waals surface area contributed by atoms with E-state index in [1.807, 2.05) is 18.2 Å². The first kappa shape index (κ1) is 11.2. The third kappa shape index (κ3) is 2.37. The van der Waals surface area contributed by atoms with E-state index in [0.717, 1.165) is 12.8 Å². The SMILES string of the molecule is C=CCC(C=C)(CC=C)C(C)C. The lowest BCUT2D eigenvalue weighted by Gasteiger charge is -2.32. The van der Waals surface area contributed by atoms with Crippen LogP contribution in [0, 0.1) is 11.3 Å². The Labute approximate surface area is 76.7 Å². The summed E-state index contributed by atoms with van der Waals surface area (Å²) in [6, 6.07) is 0. The molecule has 0 aliphatic carbocycles. The lowest BCUT2D eigenvalue weighted by atomic mass is 9.72. The number of allylic oxidation sites excluding steroid dienone is 3. The van der Waals surface area contributed by atoms with Crippen LogP contribution in [0.15, 0.2) is 38.0 Å². The highest BCUT2D eigenvalue weighted by molar-refractivity contribution is 5.03. The second kappa shape index (κ2) is 4.97. The van der Waals surface area contributed by atoms with Crippen LogP contribution in [0.4, 0.5) is 0 Å². The Kier molecular flexibility index (Phi) is 4.65. The molecule has 0 nitrogen and oxygen atoms in total. The van der Waals surface area contributed by atoms with Crippen LogP contribution in [0.3, 0.4) is 0 Å². The molecule has 0 unspecified atom stereocenters. The van der Waals surface area contributed by atoms with E-state index in [2.05, 4.69) is 33.6 Å². The van der Waals surface area contributed by atoms with Crippen LogP contribution in [0.5, 0.6) is 0 Å². The van der Waals surface area contributed by atoms with Gasteiger partial charge in [-0.2, -0.15) is 0 Å². The molecule has 0 aromatic heterocycles. The van der Waals surface area contributed by atoms with Gasteiger partial charge in [0.2, 0.25) is 0 Å². The van der Waals surface area contributed by atoms with Crippen molar-refractivity contribution in [3.8, 4) is 0 Å². The molecule has 0 atom stereocenters. The van der Waals surface area contributed by atoms with Gasteiger partial charge in [-0.3, -0.25) is 0 Å². The highest BCUT2D eigenvalue weighted by Gasteiger charge is 2.27. The average molecular weight is 164 g/mol. The van der Waals surface area contributed by atoms with E-state index in [4.69, 9.17) is 0 Å². The maximum Gasteiger partial charge on any atom is -0.00293 e. The largest absolute Gasteiger partial charge is 0.103 e. The molecule has 0 aromatic carbocycles. The van der Waals surface area contributed by atoms with Crippen LogP contribution in [0.2, 0.25) is 0 Å². The van der Waals surface area contributed by atoms with Gasteiger partial charge in [0.1, 0.15) is 0 Å². The van der Waals surface area contributed by atoms with E-state index in [0.29, 0.717) is 5.92 Å². The molecule has 0 aliphatic heterocycles. The highest BCUT2D eigenvalue weighted by Crippen LogP contribution is 2.37. The van der Waals surface area contributed by atoms with Crippen molar-refractivity contribution in [2.24, 2.45) is 11.3 Å². The van der Waals surface area contributed by atoms with Crippen LogP contribution < -0.4 is 0 Å². The van der Waals surface area contributed by atoms with Gasteiger partial charge in [0.05, 0.1) is 0 Å². The van der Waals surface area contributed by atoms with Crippen molar-refractivity contribution in [3.63, 3.8) is 0 Å². The van der Waals surface area contributed by atoms with Crippen LogP contribution in [0.25, 0.3) is 0 Å². The van der Waals surface area contributed by atoms with E-state index >= 15 is 0 Å². The fourth-order valence-corrected chi connectivity index (χ4v) is 1.49. The zero-order chi connectivity index (χ0) is 9.61. The lowest BCUT2D eigenvalue weighted by molar-refractivity contribution is 0.272. The quantitative estimate of drug-likeness (QED) is 0.521. The fraction of sp³-hybridized carbons (Fsp3) is 0.500. The van der Waals surface area contributed by atoms with Crippen molar-refractivity contribution in [1.82, 2.24) is 0 Å². The average Bonchev–Trinajstić information content (AvgIpc) is 2.03. The fourth-order valence-electron chi connectivity index (χ4n) is 1.49. The molecule has 0 saturated carbocycles. The number of rotatable bonds is 6. The number of hydrogen-bond donors (Lipinski definition) is 0. The van der Waals surface area contributed by atoms with Gasteiger partial charge < -0.3 is 0 Å². The Morgan fingerprint density at radius 1 is 1.08 bits per heavy atom. The van der Waals surface area contributed by atoms with Crippen molar-refractivity contribution in [1.29, 1.82) is 0 Å². The third-order valence-corrected chi connectivity index (χ3v) is 2.61. The van der Waals surface area contributed by atoms with Gasteiger partial charge in [-0.25, -0.2) is 0 Å². The maximum absolute atomic E-state index is 3.90. The predicted octanol–water partition coefficient (Wildman–Crippen LogP) is 3.97. The summed E-state index contributed by atoms with van der Waals surface area (Å²) in [5, 5.41) is 0. The second-order valence-corrected chi connectivity index (χ2v) is 3.58. The molecule has 0 heteroatoms. The van der Waals surface area contributed by atoms with Gasteiger partial charge in [0.15, 0.2) is 0 Å². The molecule has 0 spiro atoms. The van der Waals surface area contributed by atoms with Crippen LogP contribution in [0.1, 0.15) is 26.7 Å². The molecule has 0 heterocycles. The van der Waals surface area contributed by atoms with Gasteiger partial charge in [-0.05, 0) is 24.2 Å². The first-order valence-corrected chi connectivity index (χ1v) is 4.48. The van der Waals surface area contributed by atoms with E-state index in [-0.39, 0.29) is 5.41 Å². The van der Waals surface area contributed by atoms with E-state index in [1.54, 1.807) is 0 Å². The molecule has 68 valence electrons. The molecule has 0 saturated heterocycles. The standard InChI is InChI=1S/C12H20/c1-6-9-12(8-3,10-7-2)11(4)5/h6-8,11H,1-3,9-10H2,4-5H3. The Balaban J connectivity index is 4.59. The first-order valence-electron chi connectivity index (χ1n) is 4.48. The monoisotopic (exact) mass is 164 g/mol. The van der Waals surface area contributed by atoms with Gasteiger partial charge in [0.25, 0.3) is 0 Å². The normalized spacial score (nSPS) is 11.2. The van der Waals surface area contributed by atoms with Crippen molar-refractivity contribution < 1.29 is 0 Å². The summed E-state index contributed by atoms with van der Waals surface area (Å²) in [7, 11) is 0. The highest BCUT2D eigenvalue weighted by atomic mass is 14.3. The summed E-state index contributed by atoms with van der Waals surface area (Å²) < 4.78 is 0. The molecule has 0 amide bonds. The topological polar surface area (TPSA) is 0 Å². The summed E-state index contributed by atoms with van der Waals surface area (Å²) in [5.41, 5.74) is 0.170. The van der Waals surface area contributed by atoms with Crippen molar-refractivity contribution >= 4 is 0 Å². The summed E-state index contributed by atoms with van der Waals surface area (Å²) in [5.74, 6) is 0.589. The molecule has 0 radical (unpaired) electrons. The second-order valence-electron chi connectivity index (χ2n) is 3.58. The van der Waals surface area contributed by atoms with Gasteiger partial charge >= 0.3 is 0 Å². The van der Waals surface area contributed by atoms with E-state index in [9.17, 15) is 0 Å². The van der Waals surface area contributed by atoms with Crippen LogP contribution in [-0.2, 0) is 0 Å². The minimum Gasteiger partial charge on any atom is -0.103 e. The minimum absolute atomic E-state index is 0.170. The summed E-state index contributed by atoms with van der Waals surface area (Å²) in [6.07, 6.45) is 7.94. The molecule has 0 rings (SSSR count). The summed E-state index contributed by atoms with van der Waals surface area (Å²) in [4.78, 5) is 0. The van der Waals surface area contributed by atoms with Gasteiger partial charge in [0, 0.05) is 0 Å². The molecular formula is C12H20. The minimum atomic E-state index is 0.170. The predicted molar refractivity (Wildman–Crippen MR) is 57.1 cm³/mol. The molecular weight excluding hydrogens is 144 g/mol. The Bertz CT molecular complexity index is 153. The van der Waals surface area contributed by atoms with Crippen molar-refractivity contribution in [3.05, 3.63) is 38.0 Å².